The molecule has 0 aliphatic carbocycles. The predicted octanol–water partition coefficient (Wildman–Crippen LogP) is 1.80. The molecule has 0 spiro atoms. The second kappa shape index (κ2) is 4.45. The number of hydrogen-bond donors (Lipinski definition) is 1. The number of hydroxylamine groups is 2. The van der Waals surface area contributed by atoms with Gasteiger partial charge in [-0.1, -0.05) is 19.8 Å². The van der Waals surface area contributed by atoms with Gasteiger partial charge in [-0.05, 0) is 19.3 Å². The van der Waals surface area contributed by atoms with Crippen LogP contribution in [0.2, 0.25) is 0 Å². The van der Waals surface area contributed by atoms with Crippen LogP contribution in [0.15, 0.2) is 0 Å². The van der Waals surface area contributed by atoms with Gasteiger partial charge in [-0.25, -0.2) is 5.06 Å². The summed E-state index contributed by atoms with van der Waals surface area (Å²) >= 11 is 0. The Labute approximate surface area is 73.3 Å². The molecule has 3 heteroatoms. The van der Waals surface area contributed by atoms with Crippen molar-refractivity contribution in [1.82, 2.24) is 5.06 Å². The summed E-state index contributed by atoms with van der Waals surface area (Å²) in [5.41, 5.74) is 0. The first-order valence-corrected chi connectivity index (χ1v) is 4.76. The molecule has 0 radical (unpaired) electrons. The van der Waals surface area contributed by atoms with Gasteiger partial charge in [-0.3, -0.25) is 10.0 Å². The first-order chi connectivity index (χ1) is 5.75. The Bertz CT molecular complexity index is 159. The topological polar surface area (TPSA) is 40.5 Å². The second-order valence-corrected chi connectivity index (χ2v) is 3.42. The molecule has 70 valence electrons. The van der Waals surface area contributed by atoms with E-state index in [9.17, 15) is 10.0 Å². The van der Waals surface area contributed by atoms with Crippen molar-refractivity contribution in [3.05, 3.63) is 0 Å². The normalized spacial score (nSPS) is 26.7. The van der Waals surface area contributed by atoms with Gasteiger partial charge in [0.2, 0.25) is 5.91 Å². The zero-order chi connectivity index (χ0) is 8.97. The standard InChI is InChI=1S/C9H17NO2/c1-2-8-6-4-3-5-7-10(12)9(8)11/h8,12H,2-7H2,1H3. The summed E-state index contributed by atoms with van der Waals surface area (Å²) in [6.07, 6.45) is 4.96. The quantitative estimate of drug-likeness (QED) is 0.611. The van der Waals surface area contributed by atoms with E-state index < -0.39 is 0 Å². The van der Waals surface area contributed by atoms with Crippen LogP contribution in [0.25, 0.3) is 0 Å². The molecule has 1 atom stereocenters. The highest BCUT2D eigenvalue weighted by Gasteiger charge is 2.22. The lowest BCUT2D eigenvalue weighted by atomic mass is 9.96. The van der Waals surface area contributed by atoms with Crippen LogP contribution in [0.5, 0.6) is 0 Å². The van der Waals surface area contributed by atoms with Crippen molar-refractivity contribution in [2.24, 2.45) is 5.92 Å². The Morgan fingerprint density at radius 2 is 2.25 bits per heavy atom. The number of nitrogens with zero attached hydrogens (tertiary/aromatic N) is 1. The van der Waals surface area contributed by atoms with Crippen molar-refractivity contribution in [2.45, 2.75) is 39.0 Å². The molecule has 1 fully saturated rings. The van der Waals surface area contributed by atoms with Crippen LogP contribution in [-0.2, 0) is 4.79 Å². The fourth-order valence-corrected chi connectivity index (χ4v) is 1.65. The highest BCUT2D eigenvalue weighted by Crippen LogP contribution is 2.18. The molecule has 1 aliphatic rings. The van der Waals surface area contributed by atoms with Crippen LogP contribution in [0.1, 0.15) is 39.0 Å². The lowest BCUT2D eigenvalue weighted by molar-refractivity contribution is -0.171. The third-order valence-corrected chi connectivity index (χ3v) is 2.52. The van der Waals surface area contributed by atoms with E-state index in [1.165, 1.54) is 0 Å². The molecular weight excluding hydrogens is 154 g/mol. The Kier molecular flexibility index (Phi) is 3.53. The lowest BCUT2D eigenvalue weighted by Crippen LogP contribution is -2.35. The van der Waals surface area contributed by atoms with E-state index in [1.807, 2.05) is 6.92 Å². The predicted molar refractivity (Wildman–Crippen MR) is 45.7 cm³/mol. The molecule has 1 N–H and O–H groups in total. The summed E-state index contributed by atoms with van der Waals surface area (Å²) < 4.78 is 0. The van der Waals surface area contributed by atoms with Crippen molar-refractivity contribution < 1.29 is 10.0 Å². The Morgan fingerprint density at radius 3 is 2.92 bits per heavy atom. The maximum Gasteiger partial charge on any atom is 0.249 e. The van der Waals surface area contributed by atoms with E-state index in [1.54, 1.807) is 0 Å². The van der Waals surface area contributed by atoms with E-state index in [4.69, 9.17) is 0 Å². The summed E-state index contributed by atoms with van der Waals surface area (Å²) in [7, 11) is 0. The van der Waals surface area contributed by atoms with Gasteiger partial charge in [0, 0.05) is 12.5 Å². The SMILES string of the molecule is CCC1CCCCCN(O)C1=O. The van der Waals surface area contributed by atoms with Gasteiger partial charge >= 0.3 is 0 Å². The Balaban J connectivity index is 2.53. The molecule has 0 aromatic heterocycles. The zero-order valence-electron chi connectivity index (χ0n) is 7.62. The average Bonchev–Trinajstić information content (AvgIpc) is 2.07. The molecule has 1 rings (SSSR count). The van der Waals surface area contributed by atoms with Crippen LogP contribution >= 0.6 is 0 Å². The molecule has 0 bridgehead atoms. The minimum absolute atomic E-state index is 0.0512. The van der Waals surface area contributed by atoms with E-state index >= 15 is 0 Å². The molecule has 0 saturated carbocycles. The van der Waals surface area contributed by atoms with E-state index in [-0.39, 0.29) is 11.8 Å². The van der Waals surface area contributed by atoms with Gasteiger partial charge in [-0.2, -0.15) is 0 Å². The molecule has 1 aliphatic heterocycles. The van der Waals surface area contributed by atoms with Gasteiger partial charge in [0.15, 0.2) is 0 Å². The van der Waals surface area contributed by atoms with E-state index in [0.29, 0.717) is 6.54 Å². The molecule has 12 heavy (non-hydrogen) atoms. The highest BCUT2D eigenvalue weighted by atomic mass is 16.5. The van der Waals surface area contributed by atoms with Crippen molar-refractivity contribution >= 4 is 5.91 Å². The summed E-state index contributed by atoms with van der Waals surface area (Å²) in [5.74, 6) is -0.0347. The minimum atomic E-state index is -0.0859. The number of rotatable bonds is 1. The first kappa shape index (κ1) is 9.52. The number of amides is 1. The maximum absolute atomic E-state index is 11.4. The van der Waals surface area contributed by atoms with Crippen molar-refractivity contribution in [3.63, 3.8) is 0 Å². The van der Waals surface area contributed by atoms with Crippen LogP contribution < -0.4 is 0 Å². The van der Waals surface area contributed by atoms with Crippen LogP contribution in [-0.4, -0.2) is 22.7 Å². The van der Waals surface area contributed by atoms with Crippen LogP contribution in [0, 0.1) is 5.92 Å². The summed E-state index contributed by atoms with van der Waals surface area (Å²) in [6, 6.07) is 0. The molecule has 1 saturated heterocycles. The molecular formula is C9H17NO2. The van der Waals surface area contributed by atoms with Crippen LogP contribution in [0.4, 0.5) is 0 Å². The third kappa shape index (κ3) is 2.21. The molecule has 1 heterocycles. The summed E-state index contributed by atoms with van der Waals surface area (Å²) in [4.78, 5) is 11.4. The molecule has 3 nitrogen and oxygen atoms in total. The van der Waals surface area contributed by atoms with Crippen molar-refractivity contribution in [2.75, 3.05) is 6.54 Å². The third-order valence-electron chi connectivity index (χ3n) is 2.52. The van der Waals surface area contributed by atoms with Crippen molar-refractivity contribution in [1.29, 1.82) is 0 Å². The monoisotopic (exact) mass is 171 g/mol. The molecule has 1 unspecified atom stereocenters. The van der Waals surface area contributed by atoms with Gasteiger partial charge in [0.05, 0.1) is 0 Å². The fraction of sp³-hybridized carbons (Fsp3) is 0.889. The summed E-state index contributed by atoms with van der Waals surface area (Å²) in [5, 5.41) is 10.2. The highest BCUT2D eigenvalue weighted by molar-refractivity contribution is 5.77. The molecule has 0 aromatic carbocycles. The van der Waals surface area contributed by atoms with Gasteiger partial charge in [0.1, 0.15) is 0 Å². The maximum atomic E-state index is 11.4. The van der Waals surface area contributed by atoms with Gasteiger partial charge in [-0.15, -0.1) is 0 Å². The first-order valence-electron chi connectivity index (χ1n) is 4.76. The zero-order valence-corrected chi connectivity index (χ0v) is 7.62. The molecule has 0 aromatic rings. The van der Waals surface area contributed by atoms with Crippen LogP contribution in [0.3, 0.4) is 0 Å². The molecule has 1 amide bonds. The van der Waals surface area contributed by atoms with Gasteiger partial charge in [0.25, 0.3) is 0 Å². The van der Waals surface area contributed by atoms with Gasteiger partial charge < -0.3 is 0 Å². The Hall–Kier alpha value is -0.570. The number of hydrogen-bond acceptors (Lipinski definition) is 2. The number of carbonyl (C=O) groups excluding carboxylic acids is 1. The van der Waals surface area contributed by atoms with E-state index in [0.717, 1.165) is 37.2 Å². The van der Waals surface area contributed by atoms with E-state index in [2.05, 4.69) is 0 Å². The lowest BCUT2D eigenvalue weighted by Gasteiger charge is -2.23. The second-order valence-electron chi connectivity index (χ2n) is 3.42. The minimum Gasteiger partial charge on any atom is -0.286 e. The largest absolute Gasteiger partial charge is 0.286 e. The smallest absolute Gasteiger partial charge is 0.249 e. The number of carbonyl (C=O) groups is 1. The van der Waals surface area contributed by atoms with Crippen molar-refractivity contribution in [3.8, 4) is 0 Å². The summed E-state index contributed by atoms with van der Waals surface area (Å²) in [6.45, 7) is 2.51. The Morgan fingerprint density at radius 1 is 1.50 bits per heavy atom. The fourth-order valence-electron chi connectivity index (χ4n) is 1.65. The average molecular weight is 171 g/mol.